The quantitative estimate of drug-likeness (QED) is 0.373. The highest BCUT2D eigenvalue weighted by Crippen LogP contribution is 2.33. The third-order valence-corrected chi connectivity index (χ3v) is 4.83. The Morgan fingerprint density at radius 2 is 1.74 bits per heavy atom. The van der Waals surface area contributed by atoms with Crippen LogP contribution in [0.15, 0.2) is 54.7 Å². The van der Waals surface area contributed by atoms with E-state index < -0.39 is 11.7 Å². The summed E-state index contributed by atoms with van der Waals surface area (Å²) in [7, 11) is 4.00. The molecule has 9 heteroatoms. The van der Waals surface area contributed by atoms with Crippen LogP contribution in [0.25, 0.3) is 27.7 Å². The van der Waals surface area contributed by atoms with Crippen LogP contribution < -0.4 is 4.74 Å². The summed E-state index contributed by atoms with van der Waals surface area (Å²) in [4.78, 5) is 6.75. The van der Waals surface area contributed by atoms with Gasteiger partial charge in [-0.1, -0.05) is 24.3 Å². The molecule has 0 aliphatic rings. The van der Waals surface area contributed by atoms with Gasteiger partial charge in [-0.3, -0.25) is 0 Å². The molecule has 4 rings (SSSR count). The first kappa shape index (κ1) is 22.8. The Bertz CT molecular complexity index is 1170. The number of hydrogen-bond donors (Lipinski definition) is 0. The van der Waals surface area contributed by atoms with Crippen LogP contribution >= 0.6 is 12.4 Å². The minimum atomic E-state index is -4.37. The van der Waals surface area contributed by atoms with E-state index >= 15 is 0 Å². The molecular weight excluding hydrogens is 429 g/mol. The predicted molar refractivity (Wildman–Crippen MR) is 117 cm³/mol. The summed E-state index contributed by atoms with van der Waals surface area (Å²) in [5.41, 5.74) is 1.93. The number of ether oxygens (including phenoxy) is 1. The number of nitrogens with zero attached hydrogens (tertiary/aromatic N) is 4. The Kier molecular flexibility index (Phi) is 6.71. The zero-order chi connectivity index (χ0) is 21.3. The number of rotatable bonds is 6. The molecule has 0 saturated heterocycles. The molecule has 0 fully saturated rings. The molecule has 31 heavy (non-hydrogen) atoms. The number of para-hydroxylation sites is 1. The molecule has 0 saturated carbocycles. The number of alkyl halides is 3. The largest absolute Gasteiger partial charge is 0.477 e. The molecule has 164 valence electrons. The fourth-order valence-corrected chi connectivity index (χ4v) is 3.32. The molecule has 0 aliphatic heterocycles. The van der Waals surface area contributed by atoms with E-state index in [4.69, 9.17) is 4.74 Å². The first-order valence-corrected chi connectivity index (χ1v) is 9.56. The molecule has 0 bridgehead atoms. The van der Waals surface area contributed by atoms with Gasteiger partial charge in [0.05, 0.1) is 29.3 Å². The second kappa shape index (κ2) is 9.11. The highest BCUT2D eigenvalue weighted by Gasteiger charge is 2.30. The number of aromatic nitrogens is 3. The van der Waals surface area contributed by atoms with Gasteiger partial charge in [-0.15, -0.1) is 12.4 Å². The molecule has 0 aliphatic carbocycles. The SMILES string of the molecule is CN(C)CCCOc1nc2c(-c3ccc(C(F)(F)F)cc3)cnn2c2ccccc12.Cl. The highest BCUT2D eigenvalue weighted by molar-refractivity contribution is 5.89. The standard InChI is InChI=1S/C22H21F3N4O.ClH/c1-28(2)12-5-13-30-21-17-6-3-4-7-19(17)29-20(27-21)18(14-26-29)15-8-10-16(11-9-15)22(23,24)25;/h3-4,6-11,14H,5,12-13H2,1-2H3;1H. The summed E-state index contributed by atoms with van der Waals surface area (Å²) in [6, 6.07) is 12.7. The van der Waals surface area contributed by atoms with Gasteiger partial charge in [-0.25, -0.2) is 4.52 Å². The molecule has 0 atom stereocenters. The van der Waals surface area contributed by atoms with E-state index in [0.717, 1.165) is 36.0 Å². The monoisotopic (exact) mass is 450 g/mol. The molecule has 0 spiro atoms. The Morgan fingerprint density at radius 1 is 1.03 bits per heavy atom. The molecule has 0 amide bonds. The van der Waals surface area contributed by atoms with Crippen LogP contribution in [-0.2, 0) is 6.18 Å². The smallest absolute Gasteiger partial charge is 0.416 e. The maximum absolute atomic E-state index is 12.9. The van der Waals surface area contributed by atoms with Crippen molar-refractivity contribution in [2.75, 3.05) is 27.2 Å². The molecule has 0 radical (unpaired) electrons. The summed E-state index contributed by atoms with van der Waals surface area (Å²) in [6.45, 7) is 1.40. The lowest BCUT2D eigenvalue weighted by atomic mass is 10.1. The lowest BCUT2D eigenvalue weighted by Crippen LogP contribution is -2.15. The third-order valence-electron chi connectivity index (χ3n) is 4.83. The maximum Gasteiger partial charge on any atom is 0.416 e. The van der Waals surface area contributed by atoms with Crippen molar-refractivity contribution in [1.29, 1.82) is 0 Å². The number of benzene rings is 2. The van der Waals surface area contributed by atoms with Gasteiger partial charge in [-0.05, 0) is 50.3 Å². The van der Waals surface area contributed by atoms with Gasteiger partial charge in [0.25, 0.3) is 0 Å². The van der Waals surface area contributed by atoms with Crippen LogP contribution in [0.3, 0.4) is 0 Å². The van der Waals surface area contributed by atoms with E-state index in [1.54, 1.807) is 10.7 Å². The summed E-state index contributed by atoms with van der Waals surface area (Å²) >= 11 is 0. The van der Waals surface area contributed by atoms with Gasteiger partial charge in [0.15, 0.2) is 5.65 Å². The van der Waals surface area contributed by atoms with E-state index in [2.05, 4.69) is 15.0 Å². The van der Waals surface area contributed by atoms with Crippen molar-refractivity contribution in [3.63, 3.8) is 0 Å². The molecule has 2 heterocycles. The first-order valence-electron chi connectivity index (χ1n) is 9.56. The van der Waals surface area contributed by atoms with Crippen LogP contribution in [0.2, 0.25) is 0 Å². The highest BCUT2D eigenvalue weighted by atomic mass is 35.5. The minimum Gasteiger partial charge on any atom is -0.477 e. The van der Waals surface area contributed by atoms with E-state index in [1.165, 1.54) is 12.1 Å². The molecule has 0 N–H and O–H groups in total. The lowest BCUT2D eigenvalue weighted by molar-refractivity contribution is -0.137. The van der Waals surface area contributed by atoms with Crippen molar-refractivity contribution in [1.82, 2.24) is 19.5 Å². The van der Waals surface area contributed by atoms with E-state index in [0.29, 0.717) is 29.3 Å². The molecule has 5 nitrogen and oxygen atoms in total. The Morgan fingerprint density at radius 3 is 2.42 bits per heavy atom. The zero-order valence-corrected chi connectivity index (χ0v) is 17.9. The Labute approximate surface area is 183 Å². The fourth-order valence-electron chi connectivity index (χ4n) is 3.32. The van der Waals surface area contributed by atoms with Crippen molar-refractivity contribution in [3.8, 4) is 17.0 Å². The minimum absolute atomic E-state index is 0. The van der Waals surface area contributed by atoms with Gasteiger partial charge in [0.1, 0.15) is 0 Å². The van der Waals surface area contributed by atoms with Crippen molar-refractivity contribution in [3.05, 3.63) is 60.3 Å². The second-order valence-electron chi connectivity index (χ2n) is 7.31. The normalized spacial score (nSPS) is 11.8. The third kappa shape index (κ3) is 4.75. The predicted octanol–water partition coefficient (Wildman–Crippen LogP) is 5.32. The summed E-state index contributed by atoms with van der Waals surface area (Å²) < 4.78 is 46.3. The van der Waals surface area contributed by atoms with E-state index in [1.807, 2.05) is 38.4 Å². The van der Waals surface area contributed by atoms with Crippen LogP contribution in [-0.4, -0.2) is 46.7 Å². The molecular formula is C22H22ClF3N4O. The Hall–Kier alpha value is -2.84. The van der Waals surface area contributed by atoms with Crippen molar-refractivity contribution in [2.24, 2.45) is 0 Å². The number of hydrogen-bond acceptors (Lipinski definition) is 4. The van der Waals surface area contributed by atoms with Gasteiger partial charge >= 0.3 is 6.18 Å². The van der Waals surface area contributed by atoms with Gasteiger partial charge in [-0.2, -0.15) is 23.3 Å². The van der Waals surface area contributed by atoms with Crippen molar-refractivity contribution >= 4 is 29.0 Å². The van der Waals surface area contributed by atoms with Gasteiger partial charge in [0.2, 0.25) is 5.88 Å². The van der Waals surface area contributed by atoms with E-state index in [-0.39, 0.29) is 12.4 Å². The molecule has 0 unspecified atom stereocenters. The summed E-state index contributed by atoms with van der Waals surface area (Å²) in [5, 5.41) is 5.26. The summed E-state index contributed by atoms with van der Waals surface area (Å²) in [5.74, 6) is 0.491. The topological polar surface area (TPSA) is 42.7 Å². The lowest BCUT2D eigenvalue weighted by Gasteiger charge is -2.12. The average Bonchev–Trinajstić information content (AvgIpc) is 3.14. The second-order valence-corrected chi connectivity index (χ2v) is 7.31. The molecule has 2 aromatic carbocycles. The number of halogens is 4. The Balaban J connectivity index is 0.00000272. The van der Waals surface area contributed by atoms with Crippen LogP contribution in [0.5, 0.6) is 5.88 Å². The van der Waals surface area contributed by atoms with Crippen LogP contribution in [0.1, 0.15) is 12.0 Å². The zero-order valence-electron chi connectivity index (χ0n) is 17.1. The fraction of sp³-hybridized carbons (Fsp3) is 0.273. The summed E-state index contributed by atoms with van der Waals surface area (Å²) in [6.07, 6.45) is -1.91. The first-order chi connectivity index (χ1) is 14.3. The average molecular weight is 451 g/mol. The number of fused-ring (bicyclic) bond motifs is 3. The van der Waals surface area contributed by atoms with Crippen molar-refractivity contribution < 1.29 is 17.9 Å². The van der Waals surface area contributed by atoms with Crippen LogP contribution in [0, 0.1) is 0 Å². The molecule has 4 aromatic rings. The molecule has 2 aromatic heterocycles. The van der Waals surface area contributed by atoms with E-state index in [9.17, 15) is 13.2 Å². The van der Waals surface area contributed by atoms with Gasteiger partial charge < -0.3 is 9.64 Å². The van der Waals surface area contributed by atoms with Gasteiger partial charge in [0, 0.05) is 12.1 Å². The van der Waals surface area contributed by atoms with Crippen LogP contribution in [0.4, 0.5) is 13.2 Å². The maximum atomic E-state index is 12.9. The van der Waals surface area contributed by atoms with Crippen molar-refractivity contribution in [2.45, 2.75) is 12.6 Å².